The van der Waals surface area contributed by atoms with Crippen LogP contribution in [0.2, 0.25) is 0 Å². The molecule has 1 fully saturated rings. The monoisotopic (exact) mass is 196 g/mol. The zero-order valence-corrected chi connectivity index (χ0v) is 9.34. The first-order valence-corrected chi connectivity index (χ1v) is 5.30. The molecule has 0 aromatic rings. The number of nitrogens with zero attached hydrogens (tertiary/aromatic N) is 1. The van der Waals surface area contributed by atoms with Crippen LogP contribution in [-0.4, -0.2) is 36.5 Å². The van der Waals surface area contributed by atoms with Gasteiger partial charge in [0.15, 0.2) is 0 Å². The van der Waals surface area contributed by atoms with E-state index < -0.39 is 0 Å². The predicted octanol–water partition coefficient (Wildman–Crippen LogP) is 1.16. The van der Waals surface area contributed by atoms with Gasteiger partial charge in [-0.2, -0.15) is 0 Å². The van der Waals surface area contributed by atoms with Crippen molar-refractivity contribution in [3.63, 3.8) is 0 Å². The molecule has 1 unspecified atom stereocenters. The van der Waals surface area contributed by atoms with E-state index in [1.54, 1.807) is 6.08 Å². The zero-order valence-electron chi connectivity index (χ0n) is 9.34. The van der Waals surface area contributed by atoms with E-state index in [0.717, 1.165) is 31.6 Å². The average Bonchev–Trinajstić information content (AvgIpc) is 2.52. The molecule has 14 heavy (non-hydrogen) atoms. The highest BCUT2D eigenvalue weighted by Gasteiger charge is 2.23. The lowest BCUT2D eigenvalue weighted by Gasteiger charge is -2.14. The Morgan fingerprint density at radius 3 is 2.86 bits per heavy atom. The molecule has 0 saturated carbocycles. The van der Waals surface area contributed by atoms with Gasteiger partial charge in [0.2, 0.25) is 5.91 Å². The largest absolute Gasteiger partial charge is 0.338 e. The normalized spacial score (nSPS) is 21.1. The summed E-state index contributed by atoms with van der Waals surface area (Å²) in [5.41, 5.74) is 1.07. The Morgan fingerprint density at radius 2 is 2.29 bits per heavy atom. The lowest BCUT2D eigenvalue weighted by molar-refractivity contribution is -0.125. The molecule has 1 N–H and O–H groups in total. The molecule has 0 aliphatic carbocycles. The molecular weight excluding hydrogens is 176 g/mol. The summed E-state index contributed by atoms with van der Waals surface area (Å²) in [6, 6.07) is 0.495. The summed E-state index contributed by atoms with van der Waals surface area (Å²) in [5, 5.41) is 3.37. The van der Waals surface area contributed by atoms with Crippen molar-refractivity contribution in [2.75, 3.05) is 19.6 Å². The van der Waals surface area contributed by atoms with Crippen molar-refractivity contribution >= 4 is 5.91 Å². The third-order valence-corrected chi connectivity index (χ3v) is 2.40. The number of carbonyl (C=O) groups is 1. The van der Waals surface area contributed by atoms with Crippen molar-refractivity contribution in [1.29, 1.82) is 0 Å². The lowest BCUT2D eigenvalue weighted by Crippen LogP contribution is -2.34. The van der Waals surface area contributed by atoms with Crippen LogP contribution in [0.1, 0.15) is 27.2 Å². The molecule has 1 saturated heterocycles. The Kier molecular flexibility index (Phi) is 4.14. The molecule has 0 bridgehead atoms. The molecule has 1 aliphatic rings. The Bertz CT molecular complexity index is 231. The third kappa shape index (κ3) is 3.14. The van der Waals surface area contributed by atoms with Gasteiger partial charge in [0.1, 0.15) is 0 Å². The van der Waals surface area contributed by atoms with Crippen LogP contribution in [0, 0.1) is 0 Å². The molecule has 1 heterocycles. The fourth-order valence-corrected chi connectivity index (χ4v) is 1.75. The van der Waals surface area contributed by atoms with Crippen molar-refractivity contribution in [1.82, 2.24) is 10.2 Å². The molecule has 3 nitrogen and oxygen atoms in total. The van der Waals surface area contributed by atoms with Gasteiger partial charge in [-0.05, 0) is 26.8 Å². The van der Waals surface area contributed by atoms with Crippen LogP contribution in [-0.2, 0) is 4.79 Å². The van der Waals surface area contributed by atoms with Gasteiger partial charge in [-0.25, -0.2) is 0 Å². The summed E-state index contributed by atoms with van der Waals surface area (Å²) >= 11 is 0. The van der Waals surface area contributed by atoms with Crippen LogP contribution in [0.15, 0.2) is 11.6 Å². The first kappa shape index (κ1) is 11.2. The van der Waals surface area contributed by atoms with Crippen molar-refractivity contribution in [3.05, 3.63) is 11.6 Å². The molecule has 1 rings (SSSR count). The number of rotatable bonds is 3. The molecule has 1 atom stereocenters. The summed E-state index contributed by atoms with van der Waals surface area (Å²) in [6.07, 6.45) is 2.80. The zero-order chi connectivity index (χ0) is 10.6. The van der Waals surface area contributed by atoms with Crippen LogP contribution >= 0.6 is 0 Å². The number of likely N-dealkylation sites (N-methyl/N-ethyl adjacent to an activating group) is 1. The molecule has 0 radical (unpaired) electrons. The Hall–Kier alpha value is -0.830. The highest BCUT2D eigenvalue weighted by molar-refractivity contribution is 5.88. The van der Waals surface area contributed by atoms with E-state index in [0.29, 0.717) is 6.04 Å². The molecule has 0 aromatic heterocycles. The Morgan fingerprint density at radius 1 is 1.57 bits per heavy atom. The summed E-state index contributed by atoms with van der Waals surface area (Å²) < 4.78 is 0. The molecule has 1 amide bonds. The maximum Gasteiger partial charge on any atom is 0.246 e. The highest BCUT2D eigenvalue weighted by atomic mass is 16.2. The Balaban J connectivity index is 2.42. The van der Waals surface area contributed by atoms with E-state index >= 15 is 0 Å². The van der Waals surface area contributed by atoms with Gasteiger partial charge < -0.3 is 10.2 Å². The quantitative estimate of drug-likeness (QED) is 0.687. The summed E-state index contributed by atoms with van der Waals surface area (Å²) in [6.45, 7) is 8.73. The number of amides is 1. The van der Waals surface area contributed by atoms with Gasteiger partial charge in [-0.3, -0.25) is 4.79 Å². The third-order valence-electron chi connectivity index (χ3n) is 2.40. The fraction of sp³-hybridized carbons (Fsp3) is 0.727. The van der Waals surface area contributed by atoms with Crippen molar-refractivity contribution in [2.45, 2.75) is 33.2 Å². The van der Waals surface area contributed by atoms with E-state index in [1.807, 2.05) is 18.7 Å². The van der Waals surface area contributed by atoms with Crippen molar-refractivity contribution in [3.8, 4) is 0 Å². The number of nitrogens with one attached hydrogen (secondary N) is 1. The van der Waals surface area contributed by atoms with Gasteiger partial charge in [0.05, 0.1) is 0 Å². The second-order valence-corrected chi connectivity index (χ2v) is 4.05. The van der Waals surface area contributed by atoms with E-state index in [9.17, 15) is 4.79 Å². The topological polar surface area (TPSA) is 32.3 Å². The van der Waals surface area contributed by atoms with Gasteiger partial charge in [-0.1, -0.05) is 12.5 Å². The number of hydrogen-bond donors (Lipinski definition) is 1. The van der Waals surface area contributed by atoms with E-state index in [1.165, 1.54) is 0 Å². The molecule has 1 aliphatic heterocycles. The second-order valence-electron chi connectivity index (χ2n) is 4.05. The molecule has 0 spiro atoms. The molecule has 3 heteroatoms. The number of carbonyl (C=O) groups excluding carboxylic acids is 1. The Labute approximate surface area is 86.2 Å². The number of hydrogen-bond acceptors (Lipinski definition) is 2. The second kappa shape index (κ2) is 5.15. The average molecular weight is 196 g/mol. The summed E-state index contributed by atoms with van der Waals surface area (Å²) in [4.78, 5) is 13.5. The molecule has 0 aromatic carbocycles. The van der Waals surface area contributed by atoms with Gasteiger partial charge >= 0.3 is 0 Å². The summed E-state index contributed by atoms with van der Waals surface area (Å²) in [5.74, 6) is 0.158. The van der Waals surface area contributed by atoms with E-state index in [-0.39, 0.29) is 5.91 Å². The van der Waals surface area contributed by atoms with Crippen LogP contribution in [0.5, 0.6) is 0 Å². The van der Waals surface area contributed by atoms with Crippen molar-refractivity contribution < 1.29 is 4.79 Å². The first-order chi connectivity index (χ1) is 6.63. The van der Waals surface area contributed by atoms with Crippen LogP contribution < -0.4 is 5.32 Å². The maximum absolute atomic E-state index is 11.6. The number of likely N-dealkylation sites (tertiary alicyclic amines) is 1. The minimum atomic E-state index is 0.158. The lowest BCUT2D eigenvalue weighted by atomic mass is 10.3. The van der Waals surface area contributed by atoms with Gasteiger partial charge in [-0.15, -0.1) is 0 Å². The smallest absolute Gasteiger partial charge is 0.246 e. The van der Waals surface area contributed by atoms with Crippen LogP contribution in [0.25, 0.3) is 0 Å². The standard InChI is InChI=1S/C11H20N2O/c1-4-12-10-5-6-13(8-10)11(14)7-9(2)3/h7,10,12H,4-6,8H2,1-3H3. The summed E-state index contributed by atoms with van der Waals surface area (Å²) in [7, 11) is 0. The fourth-order valence-electron chi connectivity index (χ4n) is 1.75. The van der Waals surface area contributed by atoms with Gasteiger partial charge in [0, 0.05) is 25.2 Å². The minimum Gasteiger partial charge on any atom is -0.338 e. The number of allylic oxidation sites excluding steroid dienone is 1. The van der Waals surface area contributed by atoms with Crippen LogP contribution in [0.3, 0.4) is 0 Å². The predicted molar refractivity (Wildman–Crippen MR) is 58.1 cm³/mol. The minimum absolute atomic E-state index is 0.158. The molecular formula is C11H20N2O. The molecule has 80 valence electrons. The van der Waals surface area contributed by atoms with E-state index in [2.05, 4.69) is 12.2 Å². The van der Waals surface area contributed by atoms with Crippen molar-refractivity contribution in [2.24, 2.45) is 0 Å². The SMILES string of the molecule is CCNC1CCN(C(=O)C=C(C)C)C1. The first-order valence-electron chi connectivity index (χ1n) is 5.30. The van der Waals surface area contributed by atoms with Gasteiger partial charge in [0.25, 0.3) is 0 Å². The van der Waals surface area contributed by atoms with E-state index in [4.69, 9.17) is 0 Å². The highest BCUT2D eigenvalue weighted by Crippen LogP contribution is 2.10. The maximum atomic E-state index is 11.6. The van der Waals surface area contributed by atoms with Crippen LogP contribution in [0.4, 0.5) is 0 Å².